The quantitative estimate of drug-likeness (QED) is 0.783. The van der Waals surface area contributed by atoms with Gasteiger partial charge in [-0.05, 0) is 23.8 Å². The maximum absolute atomic E-state index is 9.58. The molecule has 102 valence electrons. The van der Waals surface area contributed by atoms with Crippen LogP contribution in [0.5, 0.6) is 5.75 Å². The van der Waals surface area contributed by atoms with E-state index in [1.165, 1.54) is 0 Å². The largest absolute Gasteiger partial charge is 0.508 e. The molecule has 0 aromatic heterocycles. The Bertz CT molecular complexity index is 386. The highest BCUT2D eigenvalue weighted by Crippen LogP contribution is 2.30. The molecule has 0 unspecified atom stereocenters. The Hall–Kier alpha value is -0.330. The molecule has 0 spiro atoms. The van der Waals surface area contributed by atoms with E-state index in [1.807, 2.05) is 6.07 Å². The lowest BCUT2D eigenvalue weighted by Crippen LogP contribution is -2.46. The summed E-state index contributed by atoms with van der Waals surface area (Å²) in [6.07, 6.45) is 0. The highest BCUT2D eigenvalue weighted by atomic mass is 79.9. The van der Waals surface area contributed by atoms with E-state index in [-0.39, 0.29) is 30.8 Å². The predicted molar refractivity (Wildman–Crippen MR) is 77.3 cm³/mol. The Kier molecular flexibility index (Phi) is 6.38. The zero-order valence-electron chi connectivity index (χ0n) is 9.97. The van der Waals surface area contributed by atoms with Crippen LogP contribution in [0.3, 0.4) is 0 Å². The first-order valence-corrected chi connectivity index (χ1v) is 6.55. The summed E-state index contributed by atoms with van der Waals surface area (Å²) in [7, 11) is 0. The molecule has 1 fully saturated rings. The normalized spacial score (nSPS) is 18.1. The van der Waals surface area contributed by atoms with Crippen molar-refractivity contribution in [3.05, 3.63) is 28.2 Å². The van der Waals surface area contributed by atoms with E-state index in [0.29, 0.717) is 0 Å². The zero-order valence-corrected chi connectivity index (χ0v) is 12.4. The van der Waals surface area contributed by atoms with Gasteiger partial charge in [-0.1, -0.05) is 15.9 Å². The zero-order chi connectivity index (χ0) is 12.3. The summed E-state index contributed by atoms with van der Waals surface area (Å²) in [5.74, 6) is 0.233. The number of aliphatic hydroxyl groups excluding tert-OH is 1. The van der Waals surface area contributed by atoms with E-state index in [0.717, 1.165) is 36.2 Å². The molecular weight excluding hydrogens is 320 g/mol. The number of aliphatic hydroxyl groups is 1. The fourth-order valence-corrected chi connectivity index (χ4v) is 2.70. The van der Waals surface area contributed by atoms with Gasteiger partial charge in [0.2, 0.25) is 0 Å². The van der Waals surface area contributed by atoms with Crippen molar-refractivity contribution >= 4 is 28.3 Å². The lowest BCUT2D eigenvalue weighted by molar-refractivity contribution is 0.110. The Morgan fingerprint density at radius 1 is 1.33 bits per heavy atom. The molecule has 4 nitrogen and oxygen atoms in total. The van der Waals surface area contributed by atoms with Crippen molar-refractivity contribution in [3.8, 4) is 5.75 Å². The van der Waals surface area contributed by atoms with E-state index >= 15 is 0 Å². The van der Waals surface area contributed by atoms with Crippen LogP contribution in [-0.4, -0.2) is 47.9 Å². The second kappa shape index (κ2) is 7.31. The van der Waals surface area contributed by atoms with Gasteiger partial charge >= 0.3 is 0 Å². The minimum absolute atomic E-state index is 0. The van der Waals surface area contributed by atoms with Crippen molar-refractivity contribution in [1.82, 2.24) is 10.2 Å². The minimum atomic E-state index is -0.0569. The molecule has 0 amide bonds. The third-order valence-corrected chi connectivity index (χ3v) is 3.83. The van der Waals surface area contributed by atoms with Crippen LogP contribution in [-0.2, 0) is 0 Å². The first-order chi connectivity index (χ1) is 8.22. The lowest BCUT2D eigenvalue weighted by atomic mass is 10.0. The van der Waals surface area contributed by atoms with Crippen LogP contribution in [0.15, 0.2) is 22.7 Å². The fourth-order valence-electron chi connectivity index (χ4n) is 2.19. The fraction of sp³-hybridized carbons (Fsp3) is 0.500. The summed E-state index contributed by atoms with van der Waals surface area (Å²) in [4.78, 5) is 2.23. The Morgan fingerprint density at radius 3 is 2.61 bits per heavy atom. The van der Waals surface area contributed by atoms with Crippen molar-refractivity contribution in [3.63, 3.8) is 0 Å². The molecule has 1 aliphatic rings. The second-order valence-electron chi connectivity index (χ2n) is 4.19. The van der Waals surface area contributed by atoms with Crippen LogP contribution in [0.4, 0.5) is 0 Å². The molecule has 3 N–H and O–H groups in total. The van der Waals surface area contributed by atoms with Crippen molar-refractivity contribution in [2.75, 3.05) is 32.8 Å². The number of benzene rings is 1. The molecular formula is C12H18BrClN2O2. The van der Waals surface area contributed by atoms with Gasteiger partial charge in [-0.25, -0.2) is 0 Å². The van der Waals surface area contributed by atoms with E-state index in [1.54, 1.807) is 12.1 Å². The Balaban J connectivity index is 0.00000162. The number of hydrogen-bond donors (Lipinski definition) is 3. The predicted octanol–water partition coefficient (Wildman–Crippen LogP) is 1.52. The second-order valence-corrected chi connectivity index (χ2v) is 5.04. The summed E-state index contributed by atoms with van der Waals surface area (Å²) in [5, 5.41) is 22.4. The van der Waals surface area contributed by atoms with E-state index in [4.69, 9.17) is 0 Å². The molecule has 1 aromatic carbocycles. The van der Waals surface area contributed by atoms with Crippen LogP contribution in [0.2, 0.25) is 0 Å². The summed E-state index contributed by atoms with van der Waals surface area (Å²) in [5.41, 5.74) is 0.939. The number of hydrogen-bond acceptors (Lipinski definition) is 4. The molecule has 0 radical (unpaired) electrons. The first kappa shape index (κ1) is 15.7. The van der Waals surface area contributed by atoms with Crippen molar-refractivity contribution < 1.29 is 10.2 Å². The van der Waals surface area contributed by atoms with Crippen molar-refractivity contribution in [1.29, 1.82) is 0 Å². The molecule has 1 saturated heterocycles. The highest BCUT2D eigenvalue weighted by Gasteiger charge is 2.23. The van der Waals surface area contributed by atoms with Gasteiger partial charge in [-0.2, -0.15) is 0 Å². The molecule has 0 saturated carbocycles. The van der Waals surface area contributed by atoms with Crippen molar-refractivity contribution in [2.45, 2.75) is 6.04 Å². The molecule has 6 heteroatoms. The third kappa shape index (κ3) is 3.59. The summed E-state index contributed by atoms with van der Waals surface area (Å²) in [6, 6.07) is 5.11. The molecule has 1 aromatic rings. The Morgan fingerprint density at radius 2 is 2.00 bits per heavy atom. The molecule has 1 heterocycles. The standard InChI is InChI=1S/C12H17BrN2O2.ClH/c13-11-2-1-9(17)7-10(11)12(8-16)15-5-3-14-4-6-15;/h1-2,7,12,14,16-17H,3-6,8H2;1H/t12-;/m0./s1. The van der Waals surface area contributed by atoms with Gasteiger partial charge in [0.1, 0.15) is 5.75 Å². The number of aromatic hydroxyl groups is 1. The van der Waals surface area contributed by atoms with E-state index < -0.39 is 0 Å². The number of rotatable bonds is 3. The molecule has 0 bridgehead atoms. The molecule has 18 heavy (non-hydrogen) atoms. The summed E-state index contributed by atoms with van der Waals surface area (Å²) in [6.45, 7) is 3.75. The van der Waals surface area contributed by atoms with Gasteiger partial charge in [0, 0.05) is 30.7 Å². The monoisotopic (exact) mass is 336 g/mol. The van der Waals surface area contributed by atoms with Gasteiger partial charge in [0.05, 0.1) is 12.6 Å². The molecule has 0 aliphatic carbocycles. The van der Waals surface area contributed by atoms with Gasteiger partial charge in [0.15, 0.2) is 0 Å². The third-order valence-electron chi connectivity index (χ3n) is 3.10. The van der Waals surface area contributed by atoms with Gasteiger partial charge in [0.25, 0.3) is 0 Å². The lowest BCUT2D eigenvalue weighted by Gasteiger charge is -2.34. The maximum Gasteiger partial charge on any atom is 0.115 e. The summed E-state index contributed by atoms with van der Waals surface area (Å²) >= 11 is 3.47. The molecule has 1 atom stereocenters. The number of nitrogens with zero attached hydrogens (tertiary/aromatic N) is 1. The van der Waals surface area contributed by atoms with Gasteiger partial charge < -0.3 is 15.5 Å². The highest BCUT2D eigenvalue weighted by molar-refractivity contribution is 9.10. The van der Waals surface area contributed by atoms with E-state index in [9.17, 15) is 10.2 Å². The number of piperazine rings is 1. The summed E-state index contributed by atoms with van der Waals surface area (Å²) < 4.78 is 0.924. The maximum atomic E-state index is 9.58. The van der Waals surface area contributed by atoms with Crippen molar-refractivity contribution in [2.24, 2.45) is 0 Å². The SMILES string of the molecule is Cl.OC[C@@H](c1cc(O)ccc1Br)N1CCNCC1. The van der Waals surface area contributed by atoms with Crippen LogP contribution < -0.4 is 5.32 Å². The topological polar surface area (TPSA) is 55.7 Å². The number of nitrogens with one attached hydrogen (secondary N) is 1. The molecule has 2 rings (SSSR count). The number of phenolic OH excluding ortho intramolecular Hbond substituents is 1. The number of halogens is 2. The van der Waals surface area contributed by atoms with Crippen LogP contribution in [0.1, 0.15) is 11.6 Å². The van der Waals surface area contributed by atoms with Crippen LogP contribution >= 0.6 is 28.3 Å². The first-order valence-electron chi connectivity index (χ1n) is 5.76. The van der Waals surface area contributed by atoms with Gasteiger partial charge in [-0.3, -0.25) is 4.90 Å². The van der Waals surface area contributed by atoms with Crippen LogP contribution in [0.25, 0.3) is 0 Å². The average molecular weight is 338 g/mol. The Labute approximate surface area is 122 Å². The van der Waals surface area contributed by atoms with Gasteiger partial charge in [-0.15, -0.1) is 12.4 Å². The minimum Gasteiger partial charge on any atom is -0.508 e. The number of phenols is 1. The average Bonchev–Trinajstić information content (AvgIpc) is 2.36. The molecule has 1 aliphatic heterocycles. The smallest absolute Gasteiger partial charge is 0.115 e. The van der Waals surface area contributed by atoms with E-state index in [2.05, 4.69) is 26.1 Å². The van der Waals surface area contributed by atoms with Crippen LogP contribution in [0, 0.1) is 0 Å².